The van der Waals surface area contributed by atoms with Crippen LogP contribution in [0.2, 0.25) is 9.62 Å². The summed E-state index contributed by atoms with van der Waals surface area (Å²) in [6.07, 6.45) is 1.56. The quantitative estimate of drug-likeness (QED) is 0.735. The molecule has 22 heavy (non-hydrogen) atoms. The molecule has 112 valence electrons. The molecule has 1 aromatic heterocycles. The zero-order chi connectivity index (χ0) is 15.7. The van der Waals surface area contributed by atoms with Crippen molar-refractivity contribution in [2.24, 2.45) is 0 Å². The van der Waals surface area contributed by atoms with E-state index in [1.54, 1.807) is 6.08 Å². The van der Waals surface area contributed by atoms with E-state index in [0.29, 0.717) is 14.2 Å². The van der Waals surface area contributed by atoms with Gasteiger partial charge in [0.1, 0.15) is 5.15 Å². The van der Waals surface area contributed by atoms with Crippen molar-refractivity contribution in [1.29, 1.82) is 0 Å². The number of rotatable bonds is 3. The van der Waals surface area contributed by atoms with Crippen LogP contribution in [0.4, 0.5) is 4.79 Å². The number of carbonyl (C=O) groups is 2. The second kappa shape index (κ2) is 6.42. The molecule has 1 fully saturated rings. The number of imide groups is 1. The molecule has 0 unspecified atom stereocenters. The average molecular weight is 371 g/mol. The summed E-state index contributed by atoms with van der Waals surface area (Å²) in [4.78, 5) is 30.4. The van der Waals surface area contributed by atoms with Crippen LogP contribution in [-0.2, 0) is 11.3 Å². The average Bonchev–Trinajstić information content (AvgIpc) is 2.94. The lowest BCUT2D eigenvalue weighted by Crippen LogP contribution is -2.27. The van der Waals surface area contributed by atoms with Crippen molar-refractivity contribution in [3.8, 4) is 0 Å². The maximum absolute atomic E-state index is 12.4. The molecule has 2 amide bonds. The van der Waals surface area contributed by atoms with Crippen LogP contribution in [0.25, 0.3) is 6.08 Å². The van der Waals surface area contributed by atoms with E-state index in [9.17, 15) is 9.59 Å². The van der Waals surface area contributed by atoms with Gasteiger partial charge in [0.05, 0.1) is 16.3 Å². The number of hydrogen-bond donors (Lipinski definition) is 0. The molecule has 8 heteroatoms. The predicted octanol–water partition coefficient (Wildman–Crippen LogP) is 4.69. The third-order valence-corrected chi connectivity index (χ3v) is 5.32. The van der Waals surface area contributed by atoms with E-state index in [4.69, 9.17) is 23.2 Å². The molecule has 0 bridgehead atoms. The number of benzene rings is 1. The second-order valence-electron chi connectivity index (χ2n) is 4.38. The van der Waals surface area contributed by atoms with Crippen LogP contribution in [0.5, 0.6) is 0 Å². The van der Waals surface area contributed by atoms with Gasteiger partial charge in [-0.2, -0.15) is 0 Å². The molecule has 2 aromatic rings. The van der Waals surface area contributed by atoms with Crippen molar-refractivity contribution in [1.82, 2.24) is 9.88 Å². The first kappa shape index (κ1) is 15.6. The molecule has 4 nitrogen and oxygen atoms in total. The lowest BCUT2D eigenvalue weighted by Gasteiger charge is -2.11. The number of thiazole rings is 1. The smallest absolute Gasteiger partial charge is 0.268 e. The third kappa shape index (κ3) is 3.20. The molecule has 1 aliphatic rings. The summed E-state index contributed by atoms with van der Waals surface area (Å²) < 4.78 is 0.291. The molecule has 0 spiro atoms. The number of thioether (sulfide) groups is 1. The maximum atomic E-state index is 12.4. The number of carbonyl (C=O) groups excluding carboxylic acids is 2. The summed E-state index contributed by atoms with van der Waals surface area (Å²) in [6, 6.07) is 9.35. The first-order chi connectivity index (χ1) is 10.5. The summed E-state index contributed by atoms with van der Waals surface area (Å²) in [5, 5.41) is -0.0725. The van der Waals surface area contributed by atoms with Crippen molar-refractivity contribution in [3.63, 3.8) is 0 Å². The van der Waals surface area contributed by atoms with E-state index in [1.165, 1.54) is 4.90 Å². The van der Waals surface area contributed by atoms with Crippen molar-refractivity contribution < 1.29 is 9.59 Å². The Balaban J connectivity index is 1.84. The SMILES string of the molecule is O=C1S/C(=C/c2sc(Cl)nc2Cl)C(=O)N1Cc1ccccc1. The van der Waals surface area contributed by atoms with Gasteiger partial charge in [0.25, 0.3) is 11.1 Å². The maximum Gasteiger partial charge on any atom is 0.293 e. The van der Waals surface area contributed by atoms with Crippen LogP contribution in [0.15, 0.2) is 35.2 Å². The van der Waals surface area contributed by atoms with Gasteiger partial charge in [-0.1, -0.05) is 53.5 Å². The van der Waals surface area contributed by atoms with Crippen molar-refractivity contribution in [2.45, 2.75) is 6.54 Å². The molecule has 1 saturated heterocycles. The molecule has 0 atom stereocenters. The van der Waals surface area contributed by atoms with Crippen LogP contribution in [0.1, 0.15) is 10.4 Å². The molecule has 0 saturated carbocycles. The van der Waals surface area contributed by atoms with Gasteiger partial charge in [-0.05, 0) is 23.4 Å². The fourth-order valence-corrected chi connectivity index (χ4v) is 4.10. The lowest BCUT2D eigenvalue weighted by molar-refractivity contribution is -0.123. The highest BCUT2D eigenvalue weighted by atomic mass is 35.5. The largest absolute Gasteiger partial charge is 0.293 e. The van der Waals surface area contributed by atoms with Crippen molar-refractivity contribution >= 4 is 63.5 Å². The fraction of sp³-hybridized carbons (Fsp3) is 0.0714. The Morgan fingerprint density at radius 3 is 2.55 bits per heavy atom. The monoisotopic (exact) mass is 370 g/mol. The summed E-state index contributed by atoms with van der Waals surface area (Å²) in [7, 11) is 0. The summed E-state index contributed by atoms with van der Waals surface area (Å²) in [5.74, 6) is -0.334. The molecule has 3 rings (SSSR count). The van der Waals surface area contributed by atoms with E-state index in [2.05, 4.69) is 4.98 Å². The summed E-state index contributed by atoms with van der Waals surface area (Å²) >= 11 is 13.8. The number of halogens is 2. The molecular weight excluding hydrogens is 363 g/mol. The second-order valence-corrected chi connectivity index (χ2v) is 7.34. The Kier molecular flexibility index (Phi) is 4.54. The van der Waals surface area contributed by atoms with Gasteiger partial charge in [0.15, 0.2) is 4.47 Å². The van der Waals surface area contributed by atoms with Gasteiger partial charge in [-0.25, -0.2) is 4.98 Å². The van der Waals surface area contributed by atoms with Gasteiger partial charge in [0.2, 0.25) is 0 Å². The highest BCUT2D eigenvalue weighted by Gasteiger charge is 2.35. The fourth-order valence-electron chi connectivity index (χ4n) is 1.90. The Labute approximate surface area is 144 Å². The van der Waals surface area contributed by atoms with Crippen molar-refractivity contribution in [3.05, 3.63) is 55.3 Å². The summed E-state index contributed by atoms with van der Waals surface area (Å²) in [6.45, 7) is 0.250. The van der Waals surface area contributed by atoms with Crippen molar-refractivity contribution in [2.75, 3.05) is 0 Å². The van der Waals surface area contributed by atoms with Gasteiger partial charge in [0, 0.05) is 0 Å². The third-order valence-electron chi connectivity index (χ3n) is 2.90. The lowest BCUT2D eigenvalue weighted by atomic mass is 10.2. The number of nitrogens with zero attached hydrogens (tertiary/aromatic N) is 2. The predicted molar refractivity (Wildman–Crippen MR) is 90.1 cm³/mol. The topological polar surface area (TPSA) is 50.3 Å². The molecule has 0 aliphatic carbocycles. The van der Waals surface area contributed by atoms with E-state index in [1.807, 2.05) is 30.3 Å². The number of amides is 2. The van der Waals surface area contributed by atoms with Crippen LogP contribution in [0, 0.1) is 0 Å². The minimum absolute atomic E-state index is 0.227. The highest BCUT2D eigenvalue weighted by Crippen LogP contribution is 2.36. The normalized spacial score (nSPS) is 16.8. The van der Waals surface area contributed by atoms with E-state index >= 15 is 0 Å². The number of aromatic nitrogens is 1. The summed E-state index contributed by atoms with van der Waals surface area (Å²) in [5.41, 5.74) is 0.893. The standard InChI is InChI=1S/C14H8Cl2N2O2S2/c15-11-9(21-13(16)17-11)6-10-12(19)18(14(20)22-10)7-8-4-2-1-3-5-8/h1-6H,7H2/b10-6+. The Hall–Kier alpha value is -1.34. The number of hydrogen-bond acceptors (Lipinski definition) is 5. The zero-order valence-electron chi connectivity index (χ0n) is 11.0. The zero-order valence-corrected chi connectivity index (χ0v) is 14.1. The van der Waals surface area contributed by atoms with Crippen LogP contribution in [-0.4, -0.2) is 21.0 Å². The minimum Gasteiger partial charge on any atom is -0.268 e. The van der Waals surface area contributed by atoms with Gasteiger partial charge < -0.3 is 0 Å². The molecule has 0 N–H and O–H groups in total. The molecule has 2 heterocycles. The van der Waals surface area contributed by atoms with Crippen LogP contribution < -0.4 is 0 Å². The van der Waals surface area contributed by atoms with E-state index in [-0.39, 0.29) is 22.8 Å². The van der Waals surface area contributed by atoms with E-state index in [0.717, 1.165) is 28.7 Å². The first-order valence-corrected chi connectivity index (χ1v) is 8.54. The highest BCUT2D eigenvalue weighted by molar-refractivity contribution is 8.18. The van der Waals surface area contributed by atoms with Crippen LogP contribution in [0.3, 0.4) is 0 Å². The van der Waals surface area contributed by atoms with Gasteiger partial charge in [-0.3, -0.25) is 14.5 Å². The molecule has 1 aliphatic heterocycles. The Morgan fingerprint density at radius 1 is 1.18 bits per heavy atom. The molecule has 0 radical (unpaired) electrons. The Morgan fingerprint density at radius 2 is 1.91 bits per heavy atom. The Bertz CT molecular complexity index is 774. The van der Waals surface area contributed by atoms with Gasteiger partial charge >= 0.3 is 0 Å². The van der Waals surface area contributed by atoms with Crippen LogP contribution >= 0.6 is 46.3 Å². The first-order valence-electron chi connectivity index (χ1n) is 6.15. The minimum atomic E-state index is -0.334. The molecular formula is C14H8Cl2N2O2S2. The molecule has 1 aromatic carbocycles. The van der Waals surface area contributed by atoms with E-state index < -0.39 is 0 Å². The van der Waals surface area contributed by atoms with Gasteiger partial charge in [-0.15, -0.1) is 11.3 Å².